The van der Waals surface area contributed by atoms with E-state index in [0.29, 0.717) is 5.41 Å². The Kier molecular flexibility index (Phi) is 8.83. The van der Waals surface area contributed by atoms with Crippen molar-refractivity contribution >= 4 is 78.8 Å². The van der Waals surface area contributed by atoms with Gasteiger partial charge in [0.2, 0.25) is 0 Å². The quantitative estimate of drug-likeness (QED) is 0.147. The molecule has 0 spiro atoms. The van der Waals surface area contributed by atoms with Crippen molar-refractivity contribution in [3.8, 4) is 27.9 Å². The second-order valence-electron chi connectivity index (χ2n) is 25.8. The van der Waals surface area contributed by atoms with Gasteiger partial charge in [0.25, 0.3) is 0 Å². The molecule has 76 heavy (non-hydrogen) atoms. The smallest absolute Gasteiger partial charge is 0.333 e. The number of benzene rings is 9. The van der Waals surface area contributed by atoms with E-state index in [2.05, 4.69) is 208 Å². The highest BCUT2D eigenvalue weighted by Gasteiger charge is 2.54. The van der Waals surface area contributed by atoms with Gasteiger partial charge in [-0.2, -0.15) is 0 Å². The summed E-state index contributed by atoms with van der Waals surface area (Å²) in [5.74, 6) is 5.27. The summed E-state index contributed by atoms with van der Waals surface area (Å²) in [4.78, 5) is 5.29. The fourth-order valence-electron chi connectivity index (χ4n) is 19.2. The van der Waals surface area contributed by atoms with Crippen LogP contribution in [0.25, 0.3) is 60.5 Å². The van der Waals surface area contributed by atoms with E-state index in [1.807, 2.05) is 0 Å². The van der Waals surface area contributed by atoms with Crippen LogP contribution in [0.3, 0.4) is 0 Å². The van der Waals surface area contributed by atoms with Gasteiger partial charge < -0.3 is 14.3 Å². The van der Waals surface area contributed by atoms with Crippen LogP contribution in [0.2, 0.25) is 0 Å². The first kappa shape index (κ1) is 42.9. The molecule has 8 bridgehead atoms. The molecule has 9 aromatic carbocycles. The van der Waals surface area contributed by atoms with Gasteiger partial charge >= 0.3 is 6.85 Å². The Morgan fingerprint density at radius 1 is 0.408 bits per heavy atom. The lowest BCUT2D eigenvalue weighted by atomic mass is 9.42. The normalized spacial score (nSPS) is 26.9. The Hall–Kier alpha value is -7.30. The van der Waals surface area contributed by atoms with Crippen molar-refractivity contribution in [3.63, 3.8) is 0 Å². The lowest BCUT2D eigenvalue weighted by Crippen LogP contribution is -2.61. The lowest BCUT2D eigenvalue weighted by molar-refractivity contribution is -0.00526. The maximum absolute atomic E-state index is 2.81. The van der Waals surface area contributed by atoms with Crippen LogP contribution in [0, 0.1) is 35.5 Å². The minimum atomic E-state index is -0.0620. The molecule has 20 rings (SSSR count). The SMILES string of the molecule is c1ccc(-c2ccc(N3B4c5c(cc(N(c6ccccc6)c6ccccc6)cc5-n5c6ccc(C78CC9CC(CC(C9)C7)C8)cc6c6cc(C78CC9CC(CC(C9)C7)C8)cc4c65)-c4cc5ccccc5cc43)cc2)cc1. The van der Waals surface area contributed by atoms with E-state index in [0.717, 1.165) is 46.9 Å². The zero-order valence-corrected chi connectivity index (χ0v) is 43.3. The maximum atomic E-state index is 2.81. The van der Waals surface area contributed by atoms with Crippen LogP contribution in [0.4, 0.5) is 28.4 Å². The zero-order valence-electron chi connectivity index (χ0n) is 43.3. The monoisotopic (exact) mass is 980 g/mol. The summed E-state index contributed by atoms with van der Waals surface area (Å²) in [5, 5.41) is 5.50. The largest absolute Gasteiger partial charge is 0.376 e. The molecule has 8 saturated carbocycles. The first-order valence-corrected chi connectivity index (χ1v) is 29.2. The topological polar surface area (TPSA) is 11.4 Å². The molecular formula is C72H62BN3. The van der Waals surface area contributed by atoms with Crippen molar-refractivity contribution in [1.29, 1.82) is 0 Å². The Labute approximate surface area is 447 Å². The van der Waals surface area contributed by atoms with Gasteiger partial charge in [-0.25, -0.2) is 0 Å². The average Bonchev–Trinajstić information content (AvgIpc) is 3.97. The number of para-hydroxylation sites is 2. The molecule has 3 nitrogen and oxygen atoms in total. The van der Waals surface area contributed by atoms with Gasteiger partial charge in [-0.15, -0.1) is 0 Å². The Balaban J connectivity index is 0.962. The van der Waals surface area contributed by atoms with Crippen molar-refractivity contribution < 1.29 is 0 Å². The average molecular weight is 980 g/mol. The number of anilines is 5. The second kappa shape index (κ2) is 15.7. The summed E-state index contributed by atoms with van der Waals surface area (Å²) < 4.78 is 2.78. The standard InChI is InChI=1S/C72H62BN3/c1-4-12-51(13-5-1)52-20-23-59(24-21-52)76-67-33-54-15-11-10-14-53(54)32-61(67)63-37-60(74(57-16-6-2-7-17-57)58-18-8-3-9-19-58)38-68-69(63)73(76)65-36-56(72-42-48-29-49(43-72)31-50(30-48)44-72)35-64-62-34-55(22-25-66(62)75(68)70(64)65)71-39-45-26-46(40-71)28-47(27-45)41-71/h1-25,32-38,45-50H,26-31,39-44H2. The van der Waals surface area contributed by atoms with E-state index in [1.165, 1.54) is 166 Å². The molecule has 0 amide bonds. The number of rotatable bonds is 7. The molecular weight excluding hydrogens is 918 g/mol. The summed E-state index contributed by atoms with van der Waals surface area (Å²) in [6, 6.07) is 75.5. The number of hydrogen-bond donors (Lipinski definition) is 0. The van der Waals surface area contributed by atoms with Gasteiger partial charge in [-0.3, -0.25) is 0 Å². The van der Waals surface area contributed by atoms with Crippen LogP contribution in [-0.4, -0.2) is 11.4 Å². The van der Waals surface area contributed by atoms with E-state index < -0.39 is 0 Å². The van der Waals surface area contributed by atoms with Gasteiger partial charge in [-0.05, 0) is 252 Å². The van der Waals surface area contributed by atoms with E-state index in [9.17, 15) is 0 Å². The van der Waals surface area contributed by atoms with Gasteiger partial charge in [0.15, 0.2) is 0 Å². The van der Waals surface area contributed by atoms with Gasteiger partial charge in [0.05, 0.1) is 11.0 Å². The molecule has 0 saturated heterocycles. The van der Waals surface area contributed by atoms with E-state index in [1.54, 1.807) is 11.1 Å². The van der Waals surface area contributed by atoms with E-state index >= 15 is 0 Å². The van der Waals surface area contributed by atoms with Crippen LogP contribution in [0.15, 0.2) is 194 Å². The highest BCUT2D eigenvalue weighted by molar-refractivity contribution is 6.93. The van der Waals surface area contributed by atoms with Crippen LogP contribution >= 0.6 is 0 Å². The van der Waals surface area contributed by atoms with Crippen LogP contribution < -0.4 is 20.6 Å². The van der Waals surface area contributed by atoms with E-state index in [4.69, 9.17) is 0 Å². The summed E-state index contributed by atoms with van der Waals surface area (Å²) in [6.07, 6.45) is 16.9. The van der Waals surface area contributed by atoms with Crippen molar-refractivity contribution in [1.82, 2.24) is 4.57 Å². The Bertz CT molecular complexity index is 3910. The molecule has 1 aromatic heterocycles. The molecule has 8 aliphatic carbocycles. The zero-order chi connectivity index (χ0) is 49.4. The summed E-state index contributed by atoms with van der Waals surface area (Å²) in [7, 11) is 0. The molecule has 0 atom stereocenters. The van der Waals surface area contributed by atoms with Gasteiger partial charge in [-0.1, -0.05) is 115 Å². The predicted octanol–water partition coefficient (Wildman–Crippen LogP) is 17.2. The molecule has 2 aliphatic heterocycles. The fourth-order valence-corrected chi connectivity index (χ4v) is 19.2. The summed E-state index contributed by atoms with van der Waals surface area (Å²) in [6.45, 7) is -0.0620. The van der Waals surface area contributed by atoms with Crippen LogP contribution in [0.5, 0.6) is 0 Å². The Morgan fingerprint density at radius 3 is 1.54 bits per heavy atom. The highest BCUT2D eigenvalue weighted by Crippen LogP contribution is 2.63. The molecule has 4 heteroatoms. The highest BCUT2D eigenvalue weighted by atomic mass is 15.2. The van der Waals surface area contributed by atoms with Gasteiger partial charge in [0, 0.05) is 50.5 Å². The number of fused-ring (bicyclic) bond motifs is 8. The van der Waals surface area contributed by atoms with Crippen LogP contribution in [0.1, 0.15) is 88.2 Å². The third-order valence-corrected chi connectivity index (χ3v) is 21.4. The molecule has 368 valence electrons. The maximum Gasteiger partial charge on any atom is 0.333 e. The molecule has 10 aliphatic rings. The minimum absolute atomic E-state index is 0.0620. The van der Waals surface area contributed by atoms with Crippen molar-refractivity contribution in [2.75, 3.05) is 9.71 Å². The Morgan fingerprint density at radius 2 is 0.934 bits per heavy atom. The summed E-state index contributed by atoms with van der Waals surface area (Å²) >= 11 is 0. The molecule has 0 unspecified atom stereocenters. The first-order chi connectivity index (χ1) is 37.5. The number of hydrogen-bond acceptors (Lipinski definition) is 2. The van der Waals surface area contributed by atoms with Gasteiger partial charge in [0.1, 0.15) is 0 Å². The minimum Gasteiger partial charge on any atom is -0.376 e. The molecule has 0 radical (unpaired) electrons. The second-order valence-corrected chi connectivity index (χ2v) is 25.8. The molecule has 0 N–H and O–H groups in total. The third-order valence-electron chi connectivity index (χ3n) is 21.4. The number of aromatic nitrogens is 1. The summed E-state index contributed by atoms with van der Waals surface area (Å²) in [5.41, 5.74) is 21.9. The molecule has 10 aromatic rings. The van der Waals surface area contributed by atoms with Crippen molar-refractivity contribution in [2.45, 2.75) is 87.9 Å². The van der Waals surface area contributed by atoms with Crippen LogP contribution in [-0.2, 0) is 10.8 Å². The molecule has 3 heterocycles. The van der Waals surface area contributed by atoms with Crippen molar-refractivity contribution in [2.24, 2.45) is 35.5 Å². The first-order valence-electron chi connectivity index (χ1n) is 29.2. The van der Waals surface area contributed by atoms with Crippen molar-refractivity contribution in [3.05, 3.63) is 205 Å². The predicted molar refractivity (Wildman–Crippen MR) is 317 cm³/mol. The third kappa shape index (κ3) is 6.13. The van der Waals surface area contributed by atoms with E-state index in [-0.39, 0.29) is 12.3 Å². The molecule has 8 fully saturated rings. The number of nitrogens with zero attached hydrogens (tertiary/aromatic N) is 3. The lowest BCUT2D eigenvalue weighted by Gasteiger charge is -2.57. The fraction of sp³-hybridized carbons (Fsp3) is 0.278.